The fourth-order valence-electron chi connectivity index (χ4n) is 1.27. The molecule has 0 saturated heterocycles. The monoisotopic (exact) mass is 221 g/mol. The fraction of sp³-hybridized carbons (Fsp3) is 0.500. The minimum absolute atomic E-state index is 0.450. The first-order valence-electron chi connectivity index (χ1n) is 5.22. The Morgan fingerprint density at radius 2 is 2.25 bits per heavy atom. The molecule has 0 unspecified atom stereocenters. The summed E-state index contributed by atoms with van der Waals surface area (Å²) in [7, 11) is 1.76. The van der Waals surface area contributed by atoms with Crippen LogP contribution in [0, 0.1) is 5.92 Å². The molecule has 0 spiro atoms. The van der Waals surface area contributed by atoms with Gasteiger partial charge in [0.2, 0.25) is 11.8 Å². The number of hydrogen-bond donors (Lipinski definition) is 2. The Hall–Kier alpha value is -1.85. The zero-order chi connectivity index (χ0) is 11.5. The number of aromatic nitrogens is 4. The van der Waals surface area contributed by atoms with Crippen LogP contribution in [-0.2, 0) is 0 Å². The van der Waals surface area contributed by atoms with E-state index in [1.165, 1.54) is 0 Å². The largest absolute Gasteiger partial charge is 0.476 e. The van der Waals surface area contributed by atoms with Crippen LogP contribution in [0.15, 0.2) is 6.33 Å². The van der Waals surface area contributed by atoms with Crippen LogP contribution < -0.4 is 10.1 Å². The van der Waals surface area contributed by atoms with Gasteiger partial charge in [0.05, 0.1) is 12.9 Å². The molecule has 0 saturated carbocycles. The molecule has 86 valence electrons. The van der Waals surface area contributed by atoms with E-state index in [1.54, 1.807) is 13.4 Å². The van der Waals surface area contributed by atoms with Crippen LogP contribution in [0.3, 0.4) is 0 Å². The van der Waals surface area contributed by atoms with Gasteiger partial charge in [0, 0.05) is 7.05 Å². The summed E-state index contributed by atoms with van der Waals surface area (Å²) in [6, 6.07) is 0. The molecular weight excluding hydrogens is 206 g/mol. The van der Waals surface area contributed by atoms with Gasteiger partial charge in [-0.3, -0.25) is 0 Å². The third-order valence-corrected chi connectivity index (χ3v) is 2.03. The number of aromatic amines is 1. The Balaban J connectivity index is 2.36. The molecule has 2 aromatic rings. The first-order chi connectivity index (χ1) is 7.70. The van der Waals surface area contributed by atoms with Crippen molar-refractivity contribution in [2.24, 2.45) is 5.92 Å². The Bertz CT molecular complexity index is 479. The average Bonchev–Trinajstić information content (AvgIpc) is 2.73. The highest BCUT2D eigenvalue weighted by Crippen LogP contribution is 2.20. The normalized spacial score (nSPS) is 11.0. The lowest BCUT2D eigenvalue weighted by atomic mass is 10.2. The predicted octanol–water partition coefficient (Wildman–Crippen LogP) is 1.43. The summed E-state index contributed by atoms with van der Waals surface area (Å²) in [5.74, 6) is 1.50. The van der Waals surface area contributed by atoms with E-state index in [2.05, 4.69) is 39.1 Å². The van der Waals surface area contributed by atoms with Crippen molar-refractivity contribution in [2.75, 3.05) is 19.0 Å². The maximum atomic E-state index is 5.62. The Morgan fingerprint density at radius 1 is 1.44 bits per heavy atom. The van der Waals surface area contributed by atoms with E-state index in [4.69, 9.17) is 4.74 Å². The van der Waals surface area contributed by atoms with Crippen molar-refractivity contribution in [3.8, 4) is 5.88 Å². The standard InChI is InChI=1S/C10H15N5O/c1-6(2)4-16-9-7-8(13-5-12-7)14-10(11-3)15-9/h5-6H,4H2,1-3H3,(H2,11,12,13,14,15). The molecular formula is C10H15N5O. The third-order valence-electron chi connectivity index (χ3n) is 2.03. The Morgan fingerprint density at radius 3 is 2.94 bits per heavy atom. The van der Waals surface area contributed by atoms with Crippen molar-refractivity contribution < 1.29 is 4.74 Å². The van der Waals surface area contributed by atoms with Crippen LogP contribution in [-0.4, -0.2) is 33.6 Å². The molecule has 0 aromatic carbocycles. The summed E-state index contributed by atoms with van der Waals surface area (Å²) >= 11 is 0. The molecule has 2 heterocycles. The zero-order valence-electron chi connectivity index (χ0n) is 9.61. The summed E-state index contributed by atoms with van der Waals surface area (Å²) in [6.07, 6.45) is 1.58. The number of nitrogens with zero attached hydrogens (tertiary/aromatic N) is 3. The molecule has 2 aromatic heterocycles. The van der Waals surface area contributed by atoms with Gasteiger partial charge in [0.25, 0.3) is 0 Å². The molecule has 6 heteroatoms. The molecule has 0 bridgehead atoms. The van der Waals surface area contributed by atoms with Crippen molar-refractivity contribution >= 4 is 17.1 Å². The van der Waals surface area contributed by atoms with Gasteiger partial charge in [-0.25, -0.2) is 4.98 Å². The van der Waals surface area contributed by atoms with Crippen molar-refractivity contribution in [3.63, 3.8) is 0 Å². The third kappa shape index (κ3) is 2.05. The highest BCUT2D eigenvalue weighted by Gasteiger charge is 2.10. The summed E-state index contributed by atoms with van der Waals surface area (Å²) in [5, 5.41) is 2.88. The molecule has 2 rings (SSSR count). The average molecular weight is 221 g/mol. The van der Waals surface area contributed by atoms with Gasteiger partial charge in [-0.2, -0.15) is 9.97 Å². The van der Waals surface area contributed by atoms with Gasteiger partial charge in [0.15, 0.2) is 5.65 Å². The molecule has 0 fully saturated rings. The Kier molecular flexibility index (Phi) is 2.89. The maximum absolute atomic E-state index is 5.62. The number of fused-ring (bicyclic) bond motifs is 1. The summed E-state index contributed by atoms with van der Waals surface area (Å²) in [4.78, 5) is 15.5. The van der Waals surface area contributed by atoms with Crippen LogP contribution in [0.4, 0.5) is 5.95 Å². The molecule has 2 N–H and O–H groups in total. The minimum Gasteiger partial charge on any atom is -0.476 e. The Labute approximate surface area is 93.5 Å². The lowest BCUT2D eigenvalue weighted by Crippen LogP contribution is -2.07. The van der Waals surface area contributed by atoms with Crippen LogP contribution in [0.25, 0.3) is 11.2 Å². The second-order valence-corrected chi connectivity index (χ2v) is 3.91. The van der Waals surface area contributed by atoms with Gasteiger partial charge >= 0.3 is 0 Å². The molecule has 0 atom stereocenters. The first kappa shape index (κ1) is 10.7. The molecule has 0 aliphatic carbocycles. The number of ether oxygens (including phenoxy) is 1. The van der Waals surface area contributed by atoms with Gasteiger partial charge in [-0.05, 0) is 5.92 Å². The number of hydrogen-bond acceptors (Lipinski definition) is 5. The highest BCUT2D eigenvalue weighted by atomic mass is 16.5. The second-order valence-electron chi connectivity index (χ2n) is 3.91. The molecule has 0 radical (unpaired) electrons. The van der Waals surface area contributed by atoms with Gasteiger partial charge < -0.3 is 15.0 Å². The highest BCUT2D eigenvalue weighted by molar-refractivity contribution is 5.76. The van der Waals surface area contributed by atoms with Crippen LogP contribution in [0.2, 0.25) is 0 Å². The van der Waals surface area contributed by atoms with Crippen molar-refractivity contribution in [1.82, 2.24) is 19.9 Å². The van der Waals surface area contributed by atoms with Crippen LogP contribution >= 0.6 is 0 Å². The van der Waals surface area contributed by atoms with E-state index in [0.717, 1.165) is 5.52 Å². The molecule has 0 amide bonds. The van der Waals surface area contributed by atoms with E-state index in [1.807, 2.05) is 0 Å². The first-order valence-corrected chi connectivity index (χ1v) is 5.22. The SMILES string of the molecule is CNc1nc(OCC(C)C)c2[nH]cnc2n1. The molecule has 0 aliphatic rings. The molecule has 16 heavy (non-hydrogen) atoms. The van der Waals surface area contributed by atoms with Gasteiger partial charge in [0.1, 0.15) is 5.52 Å². The van der Waals surface area contributed by atoms with Crippen LogP contribution in [0.1, 0.15) is 13.8 Å². The van der Waals surface area contributed by atoms with E-state index in [-0.39, 0.29) is 0 Å². The smallest absolute Gasteiger partial charge is 0.245 e. The number of anilines is 1. The number of rotatable bonds is 4. The fourth-order valence-corrected chi connectivity index (χ4v) is 1.27. The lowest BCUT2D eigenvalue weighted by Gasteiger charge is -2.09. The number of nitrogens with one attached hydrogen (secondary N) is 2. The van der Waals surface area contributed by atoms with E-state index in [0.29, 0.717) is 30.0 Å². The van der Waals surface area contributed by atoms with E-state index in [9.17, 15) is 0 Å². The number of imidazole rings is 1. The zero-order valence-corrected chi connectivity index (χ0v) is 9.61. The van der Waals surface area contributed by atoms with Crippen molar-refractivity contribution in [1.29, 1.82) is 0 Å². The number of H-pyrrole nitrogens is 1. The van der Waals surface area contributed by atoms with Crippen molar-refractivity contribution in [2.45, 2.75) is 13.8 Å². The second kappa shape index (κ2) is 4.34. The molecule has 0 aliphatic heterocycles. The van der Waals surface area contributed by atoms with Crippen LogP contribution in [0.5, 0.6) is 5.88 Å². The van der Waals surface area contributed by atoms with E-state index < -0.39 is 0 Å². The van der Waals surface area contributed by atoms with Gasteiger partial charge in [-0.15, -0.1) is 0 Å². The van der Waals surface area contributed by atoms with Crippen molar-refractivity contribution in [3.05, 3.63) is 6.33 Å². The summed E-state index contributed by atoms with van der Waals surface area (Å²) in [6.45, 7) is 4.79. The lowest BCUT2D eigenvalue weighted by molar-refractivity contribution is 0.264. The minimum atomic E-state index is 0.450. The summed E-state index contributed by atoms with van der Waals surface area (Å²) < 4.78 is 5.62. The quantitative estimate of drug-likeness (QED) is 0.816. The van der Waals surface area contributed by atoms with E-state index >= 15 is 0 Å². The predicted molar refractivity (Wildman–Crippen MR) is 61.6 cm³/mol. The molecule has 6 nitrogen and oxygen atoms in total. The van der Waals surface area contributed by atoms with Gasteiger partial charge in [-0.1, -0.05) is 13.8 Å². The summed E-state index contributed by atoms with van der Waals surface area (Å²) in [5.41, 5.74) is 1.35. The maximum Gasteiger partial charge on any atom is 0.245 e. The topological polar surface area (TPSA) is 75.7 Å².